The molecule has 0 unspecified atom stereocenters. The van der Waals surface area contributed by atoms with Crippen molar-refractivity contribution in [1.29, 1.82) is 0 Å². The molecule has 4 rings (SSSR count). The first-order valence-electron chi connectivity index (χ1n) is 11.5. The van der Waals surface area contributed by atoms with Gasteiger partial charge in [-0.2, -0.15) is 0 Å². The van der Waals surface area contributed by atoms with E-state index in [1.807, 2.05) is 23.1 Å². The standard InChI is InChI=1S/C25H29N5O5/c1-34-21-14-19-20(15-22(21)35-2)27-17-30(25(19)33)16-23(31)26-9-8-24(32)29-12-10-28(11-13-29)18-6-4-3-5-7-18/h3-7,14-15,17H,8-13,16H2,1-2H3,(H,26,31). The minimum Gasteiger partial charge on any atom is -0.493 e. The molecule has 0 atom stereocenters. The maximum atomic E-state index is 12.8. The van der Waals surface area contributed by atoms with Crippen molar-refractivity contribution in [2.75, 3.05) is 51.8 Å². The van der Waals surface area contributed by atoms with Crippen LogP contribution in [0, 0.1) is 0 Å². The number of hydrogen-bond donors (Lipinski definition) is 1. The number of hydrogen-bond acceptors (Lipinski definition) is 7. The third kappa shape index (κ3) is 5.53. The molecule has 0 saturated carbocycles. The Labute approximate surface area is 203 Å². The number of nitrogens with zero attached hydrogens (tertiary/aromatic N) is 4. The lowest BCUT2D eigenvalue weighted by molar-refractivity contribution is -0.131. The molecule has 1 fully saturated rings. The molecule has 0 spiro atoms. The predicted molar refractivity (Wildman–Crippen MR) is 132 cm³/mol. The maximum Gasteiger partial charge on any atom is 0.261 e. The van der Waals surface area contributed by atoms with E-state index in [0.29, 0.717) is 35.5 Å². The third-order valence-electron chi connectivity index (χ3n) is 6.06. The first-order chi connectivity index (χ1) is 17.0. The highest BCUT2D eigenvalue weighted by atomic mass is 16.5. The third-order valence-corrected chi connectivity index (χ3v) is 6.06. The summed E-state index contributed by atoms with van der Waals surface area (Å²) in [5.41, 5.74) is 1.24. The van der Waals surface area contributed by atoms with Gasteiger partial charge in [0.15, 0.2) is 11.5 Å². The minimum absolute atomic E-state index is 0.00333. The Balaban J connectivity index is 1.27. The lowest BCUT2D eigenvalue weighted by Gasteiger charge is -2.36. The molecule has 184 valence electrons. The summed E-state index contributed by atoms with van der Waals surface area (Å²) < 4.78 is 11.7. The van der Waals surface area contributed by atoms with Gasteiger partial charge < -0.3 is 24.6 Å². The summed E-state index contributed by atoms with van der Waals surface area (Å²) in [5, 5.41) is 3.04. The Morgan fingerprint density at radius 3 is 2.37 bits per heavy atom. The van der Waals surface area contributed by atoms with E-state index < -0.39 is 0 Å². The van der Waals surface area contributed by atoms with Gasteiger partial charge in [0.2, 0.25) is 11.8 Å². The van der Waals surface area contributed by atoms with Crippen molar-refractivity contribution in [1.82, 2.24) is 19.8 Å². The molecule has 1 aliphatic rings. The number of rotatable bonds is 8. The molecule has 10 nitrogen and oxygen atoms in total. The van der Waals surface area contributed by atoms with Crippen LogP contribution >= 0.6 is 0 Å². The Bertz CT molecular complexity index is 1250. The fourth-order valence-electron chi connectivity index (χ4n) is 4.13. The smallest absolute Gasteiger partial charge is 0.261 e. The summed E-state index contributed by atoms with van der Waals surface area (Å²) in [7, 11) is 2.99. The molecule has 1 N–H and O–H groups in total. The van der Waals surface area contributed by atoms with Crippen molar-refractivity contribution in [3.63, 3.8) is 0 Å². The van der Waals surface area contributed by atoms with E-state index in [1.165, 1.54) is 25.1 Å². The highest BCUT2D eigenvalue weighted by Crippen LogP contribution is 2.29. The van der Waals surface area contributed by atoms with E-state index in [-0.39, 0.29) is 36.9 Å². The average Bonchev–Trinajstić information content (AvgIpc) is 2.90. The Morgan fingerprint density at radius 2 is 1.69 bits per heavy atom. The Hall–Kier alpha value is -4.08. The van der Waals surface area contributed by atoms with Crippen LogP contribution in [0.1, 0.15) is 6.42 Å². The van der Waals surface area contributed by atoms with Crippen LogP contribution in [0.3, 0.4) is 0 Å². The molecule has 1 aromatic heterocycles. The Kier molecular flexibility index (Phi) is 7.49. The first-order valence-corrected chi connectivity index (χ1v) is 11.5. The predicted octanol–water partition coefficient (Wildman–Crippen LogP) is 1.27. The lowest BCUT2D eigenvalue weighted by atomic mass is 10.2. The van der Waals surface area contributed by atoms with Gasteiger partial charge in [-0.25, -0.2) is 4.98 Å². The zero-order chi connectivity index (χ0) is 24.8. The minimum atomic E-state index is -0.365. The monoisotopic (exact) mass is 479 g/mol. The van der Waals surface area contributed by atoms with Crippen LogP contribution in [0.2, 0.25) is 0 Å². The van der Waals surface area contributed by atoms with Crippen LogP contribution in [0.4, 0.5) is 5.69 Å². The fourth-order valence-corrected chi connectivity index (χ4v) is 4.13. The van der Waals surface area contributed by atoms with Gasteiger partial charge in [0.1, 0.15) is 6.54 Å². The van der Waals surface area contributed by atoms with Gasteiger partial charge in [0.05, 0.1) is 31.4 Å². The number of aromatic nitrogens is 2. The quantitative estimate of drug-likeness (QED) is 0.519. The summed E-state index contributed by atoms with van der Waals surface area (Å²) in [6.07, 6.45) is 1.53. The van der Waals surface area contributed by atoms with Crippen molar-refractivity contribution in [2.24, 2.45) is 0 Å². The molecule has 0 radical (unpaired) electrons. The number of nitrogens with one attached hydrogen (secondary N) is 1. The van der Waals surface area contributed by atoms with Crippen molar-refractivity contribution in [3.05, 3.63) is 59.1 Å². The highest BCUT2D eigenvalue weighted by Gasteiger charge is 2.21. The second kappa shape index (κ2) is 10.9. The van der Waals surface area contributed by atoms with Gasteiger partial charge in [-0.1, -0.05) is 18.2 Å². The van der Waals surface area contributed by atoms with Gasteiger partial charge in [-0.3, -0.25) is 19.0 Å². The molecule has 0 aliphatic carbocycles. The highest BCUT2D eigenvalue weighted by molar-refractivity contribution is 5.82. The van der Waals surface area contributed by atoms with Crippen molar-refractivity contribution >= 4 is 28.4 Å². The number of ether oxygens (including phenoxy) is 2. The number of benzene rings is 2. The molecular formula is C25H29N5O5. The molecule has 3 aromatic rings. The maximum absolute atomic E-state index is 12.8. The van der Waals surface area contributed by atoms with Crippen LogP contribution in [0.5, 0.6) is 11.5 Å². The van der Waals surface area contributed by atoms with Crippen molar-refractivity contribution < 1.29 is 19.1 Å². The first kappa shape index (κ1) is 24.1. The van der Waals surface area contributed by atoms with Crippen LogP contribution in [0.15, 0.2) is 53.6 Å². The molecule has 1 saturated heterocycles. The van der Waals surface area contributed by atoms with Crippen LogP contribution in [0.25, 0.3) is 10.9 Å². The van der Waals surface area contributed by atoms with Crippen LogP contribution < -0.4 is 25.2 Å². The average molecular weight is 480 g/mol. The number of anilines is 1. The van der Waals surface area contributed by atoms with E-state index in [2.05, 4.69) is 27.3 Å². The zero-order valence-electron chi connectivity index (χ0n) is 19.9. The van der Waals surface area contributed by atoms with Gasteiger partial charge >= 0.3 is 0 Å². The molecule has 1 aliphatic heterocycles. The topological polar surface area (TPSA) is 106 Å². The molecule has 10 heteroatoms. The largest absolute Gasteiger partial charge is 0.493 e. The van der Waals surface area contributed by atoms with Gasteiger partial charge in [-0.15, -0.1) is 0 Å². The summed E-state index contributed by atoms with van der Waals surface area (Å²) >= 11 is 0. The molecule has 2 aromatic carbocycles. The molecule has 2 heterocycles. The number of amides is 2. The second-order valence-electron chi connectivity index (χ2n) is 8.21. The number of carbonyl (C=O) groups excluding carboxylic acids is 2. The van der Waals surface area contributed by atoms with Crippen LogP contribution in [-0.4, -0.2) is 73.2 Å². The van der Waals surface area contributed by atoms with Crippen LogP contribution in [-0.2, 0) is 16.1 Å². The molecule has 2 amide bonds. The van der Waals surface area contributed by atoms with E-state index in [0.717, 1.165) is 18.8 Å². The van der Waals surface area contributed by atoms with E-state index in [9.17, 15) is 14.4 Å². The SMILES string of the molecule is COc1cc2ncn(CC(=O)NCCC(=O)N3CCN(c4ccccc4)CC3)c(=O)c2cc1OC. The number of piperazine rings is 1. The van der Waals surface area contributed by atoms with Gasteiger partial charge in [0.25, 0.3) is 5.56 Å². The lowest BCUT2D eigenvalue weighted by Crippen LogP contribution is -2.49. The number of para-hydroxylation sites is 1. The normalized spacial score (nSPS) is 13.5. The second-order valence-corrected chi connectivity index (χ2v) is 8.21. The summed E-state index contributed by atoms with van der Waals surface area (Å²) in [6.45, 7) is 2.85. The number of methoxy groups -OCH3 is 2. The summed E-state index contributed by atoms with van der Waals surface area (Å²) in [4.78, 5) is 46.1. The Morgan fingerprint density at radius 1 is 1.00 bits per heavy atom. The van der Waals surface area contributed by atoms with Gasteiger partial charge in [-0.05, 0) is 18.2 Å². The van der Waals surface area contributed by atoms with E-state index in [1.54, 1.807) is 12.1 Å². The van der Waals surface area contributed by atoms with E-state index in [4.69, 9.17) is 9.47 Å². The molecule has 0 bridgehead atoms. The van der Waals surface area contributed by atoms with Crippen molar-refractivity contribution in [2.45, 2.75) is 13.0 Å². The van der Waals surface area contributed by atoms with E-state index >= 15 is 0 Å². The zero-order valence-corrected chi connectivity index (χ0v) is 19.9. The van der Waals surface area contributed by atoms with Gasteiger partial charge in [0, 0.05) is 50.9 Å². The fraction of sp³-hybridized carbons (Fsp3) is 0.360. The van der Waals surface area contributed by atoms with Crippen molar-refractivity contribution in [3.8, 4) is 11.5 Å². The summed E-state index contributed by atoms with van der Waals surface area (Å²) in [5.74, 6) is 0.511. The molecular weight excluding hydrogens is 450 g/mol. The number of fused-ring (bicyclic) bond motifs is 1. The summed E-state index contributed by atoms with van der Waals surface area (Å²) in [6, 6.07) is 13.3. The number of carbonyl (C=O) groups is 2. The molecule has 35 heavy (non-hydrogen) atoms.